The van der Waals surface area contributed by atoms with Gasteiger partial charge >= 0.3 is 0 Å². The van der Waals surface area contributed by atoms with Gasteiger partial charge in [0.15, 0.2) is 0 Å². The summed E-state index contributed by atoms with van der Waals surface area (Å²) >= 11 is 0. The van der Waals surface area contributed by atoms with Crippen LogP contribution in [0.1, 0.15) is 0 Å². The van der Waals surface area contributed by atoms with Gasteiger partial charge in [-0.15, -0.1) is 0 Å². The smallest absolute Gasteiger partial charge is 0.143 e. The molecule has 0 spiro atoms. The van der Waals surface area contributed by atoms with Crippen molar-refractivity contribution in [3.63, 3.8) is 0 Å². The second-order valence-electron chi connectivity index (χ2n) is 13.6. The third kappa shape index (κ3) is 4.16. The average molecular weight is 647 g/mol. The normalized spacial score (nSPS) is 11.9. The zero-order valence-corrected chi connectivity index (χ0v) is 27.7. The van der Waals surface area contributed by atoms with Crippen LogP contribution in [-0.4, -0.2) is 0 Å². The van der Waals surface area contributed by atoms with Gasteiger partial charge in [-0.3, -0.25) is 0 Å². The Bertz CT molecular complexity index is 3090. The second kappa shape index (κ2) is 10.9. The first-order chi connectivity index (χ1) is 25.3. The highest BCUT2D eigenvalue weighted by atomic mass is 16.3. The number of rotatable bonds is 3. The molecule has 1 heterocycles. The van der Waals surface area contributed by atoms with E-state index in [1.165, 1.54) is 87.2 Å². The van der Waals surface area contributed by atoms with E-state index in [1.54, 1.807) is 0 Å². The van der Waals surface area contributed by atoms with Crippen LogP contribution in [0.2, 0.25) is 0 Å². The molecular formula is C50H30O. The van der Waals surface area contributed by atoms with Gasteiger partial charge in [-0.25, -0.2) is 0 Å². The van der Waals surface area contributed by atoms with Crippen LogP contribution in [0, 0.1) is 0 Å². The third-order valence-electron chi connectivity index (χ3n) is 10.8. The molecule has 1 aromatic heterocycles. The molecule has 51 heavy (non-hydrogen) atoms. The van der Waals surface area contributed by atoms with E-state index in [-0.39, 0.29) is 0 Å². The molecule has 1 heteroatoms. The molecule has 0 aliphatic rings. The molecule has 0 amide bonds. The van der Waals surface area contributed by atoms with Gasteiger partial charge in [0.05, 0.1) is 0 Å². The summed E-state index contributed by atoms with van der Waals surface area (Å²) in [4.78, 5) is 0. The molecule has 11 aromatic rings. The van der Waals surface area contributed by atoms with Crippen molar-refractivity contribution in [3.05, 3.63) is 182 Å². The lowest BCUT2D eigenvalue weighted by molar-refractivity contribution is 0.673. The largest absolute Gasteiger partial charge is 0.455 e. The van der Waals surface area contributed by atoms with E-state index in [4.69, 9.17) is 4.42 Å². The fourth-order valence-corrected chi connectivity index (χ4v) is 8.58. The Kier molecular flexibility index (Phi) is 6.02. The summed E-state index contributed by atoms with van der Waals surface area (Å²) in [5.41, 5.74) is 9.32. The van der Waals surface area contributed by atoms with Gasteiger partial charge in [0.1, 0.15) is 11.2 Å². The van der Waals surface area contributed by atoms with Crippen molar-refractivity contribution in [2.45, 2.75) is 0 Å². The summed E-state index contributed by atoms with van der Waals surface area (Å²) in [5.74, 6) is 0. The van der Waals surface area contributed by atoms with E-state index in [0.29, 0.717) is 0 Å². The van der Waals surface area contributed by atoms with Crippen LogP contribution >= 0.6 is 0 Å². The zero-order valence-electron chi connectivity index (χ0n) is 27.7. The summed E-state index contributed by atoms with van der Waals surface area (Å²) < 4.78 is 6.59. The van der Waals surface area contributed by atoms with E-state index in [0.717, 1.165) is 21.9 Å². The molecule has 0 aliphatic heterocycles. The zero-order chi connectivity index (χ0) is 33.5. The predicted octanol–water partition coefficient (Wildman–Crippen LogP) is 14.4. The SMILES string of the molecule is c1ccc(-c2ccc(-c3c4ccccc4c(-c4ccc5c(c4)c4ccccc4c4c5ccc5c6ccccc6oc54)c4ccccc34)cc2)cc1. The predicted molar refractivity (Wildman–Crippen MR) is 218 cm³/mol. The summed E-state index contributed by atoms with van der Waals surface area (Å²) in [6.07, 6.45) is 0. The number of furan rings is 1. The van der Waals surface area contributed by atoms with E-state index in [1.807, 2.05) is 6.07 Å². The first-order valence-electron chi connectivity index (χ1n) is 17.6. The Morgan fingerprint density at radius 1 is 0.255 bits per heavy atom. The minimum absolute atomic E-state index is 0.925. The average Bonchev–Trinajstić information content (AvgIpc) is 3.59. The first kappa shape index (κ1) is 28.2. The molecule has 0 aliphatic carbocycles. The van der Waals surface area contributed by atoms with Crippen LogP contribution in [0.15, 0.2) is 186 Å². The fourth-order valence-electron chi connectivity index (χ4n) is 8.58. The van der Waals surface area contributed by atoms with Gasteiger partial charge in [-0.05, 0) is 100 Å². The van der Waals surface area contributed by atoms with E-state index < -0.39 is 0 Å². The van der Waals surface area contributed by atoms with Crippen molar-refractivity contribution < 1.29 is 4.42 Å². The molecule has 0 fully saturated rings. The number of benzene rings is 10. The molecule has 0 unspecified atom stereocenters. The molecule has 0 N–H and O–H groups in total. The van der Waals surface area contributed by atoms with E-state index >= 15 is 0 Å². The minimum Gasteiger partial charge on any atom is -0.455 e. The highest BCUT2D eigenvalue weighted by Gasteiger charge is 2.19. The maximum Gasteiger partial charge on any atom is 0.143 e. The van der Waals surface area contributed by atoms with Crippen molar-refractivity contribution in [3.8, 4) is 33.4 Å². The van der Waals surface area contributed by atoms with Crippen molar-refractivity contribution in [1.82, 2.24) is 0 Å². The van der Waals surface area contributed by atoms with Gasteiger partial charge in [-0.2, -0.15) is 0 Å². The van der Waals surface area contributed by atoms with E-state index in [2.05, 4.69) is 176 Å². The maximum absolute atomic E-state index is 6.59. The Balaban J connectivity index is 1.18. The lowest BCUT2D eigenvalue weighted by Crippen LogP contribution is -1.91. The van der Waals surface area contributed by atoms with Crippen molar-refractivity contribution >= 4 is 75.8 Å². The van der Waals surface area contributed by atoms with Crippen molar-refractivity contribution in [2.24, 2.45) is 0 Å². The summed E-state index contributed by atoms with van der Waals surface area (Å²) in [6, 6.07) is 66.3. The van der Waals surface area contributed by atoms with Gasteiger partial charge in [0.2, 0.25) is 0 Å². The standard InChI is InChI=1S/C50H30O/c1-2-12-31(13-3-1)32-22-24-33(25-23-32)47-39-17-6-8-19-41(39)48(42-20-9-7-18-40(42)47)34-26-27-36-43-28-29-44-37-15-10-11-21-46(37)51-50(44)49(43)38-16-5-4-14-35(38)45(36)30-34/h1-30H. The van der Waals surface area contributed by atoms with Crippen LogP contribution in [0.25, 0.3) is 109 Å². The van der Waals surface area contributed by atoms with Crippen LogP contribution in [-0.2, 0) is 0 Å². The lowest BCUT2D eigenvalue weighted by Gasteiger charge is -2.19. The number of hydrogen-bond acceptors (Lipinski definition) is 1. The first-order valence-corrected chi connectivity index (χ1v) is 17.6. The van der Waals surface area contributed by atoms with Crippen LogP contribution < -0.4 is 0 Å². The molecule has 11 rings (SSSR count). The minimum atomic E-state index is 0.925. The van der Waals surface area contributed by atoms with Crippen LogP contribution in [0.5, 0.6) is 0 Å². The Morgan fingerprint density at radius 2 is 0.686 bits per heavy atom. The number of fused-ring (bicyclic) bond motifs is 12. The second-order valence-corrected chi connectivity index (χ2v) is 13.6. The summed E-state index contributed by atoms with van der Waals surface area (Å²) in [6.45, 7) is 0. The molecular weight excluding hydrogens is 617 g/mol. The van der Waals surface area contributed by atoms with E-state index in [9.17, 15) is 0 Å². The maximum atomic E-state index is 6.59. The molecule has 236 valence electrons. The fraction of sp³-hybridized carbons (Fsp3) is 0. The van der Waals surface area contributed by atoms with Crippen molar-refractivity contribution in [2.75, 3.05) is 0 Å². The highest BCUT2D eigenvalue weighted by molar-refractivity contribution is 6.33. The van der Waals surface area contributed by atoms with Gasteiger partial charge in [0, 0.05) is 16.2 Å². The lowest BCUT2D eigenvalue weighted by atomic mass is 9.84. The molecule has 0 saturated carbocycles. The molecule has 0 saturated heterocycles. The third-order valence-corrected chi connectivity index (χ3v) is 10.8. The Labute approximate surface area is 294 Å². The topological polar surface area (TPSA) is 13.1 Å². The van der Waals surface area contributed by atoms with Crippen LogP contribution in [0.4, 0.5) is 0 Å². The molecule has 0 bridgehead atoms. The van der Waals surface area contributed by atoms with Crippen LogP contribution in [0.3, 0.4) is 0 Å². The molecule has 10 aromatic carbocycles. The van der Waals surface area contributed by atoms with Gasteiger partial charge in [0.25, 0.3) is 0 Å². The van der Waals surface area contributed by atoms with Crippen molar-refractivity contribution in [1.29, 1.82) is 0 Å². The molecule has 0 atom stereocenters. The quantitative estimate of drug-likeness (QED) is 0.138. The van der Waals surface area contributed by atoms with Gasteiger partial charge in [-0.1, -0.05) is 164 Å². The summed E-state index contributed by atoms with van der Waals surface area (Å²) in [7, 11) is 0. The number of hydrogen-bond donors (Lipinski definition) is 0. The monoisotopic (exact) mass is 646 g/mol. The molecule has 1 nitrogen and oxygen atoms in total. The highest BCUT2D eigenvalue weighted by Crippen LogP contribution is 2.47. The Hall–Kier alpha value is -6.70. The summed E-state index contributed by atoms with van der Waals surface area (Å²) in [5, 5.41) is 14.7. The van der Waals surface area contributed by atoms with Gasteiger partial charge < -0.3 is 4.42 Å². The number of para-hydroxylation sites is 1. The Morgan fingerprint density at radius 3 is 1.37 bits per heavy atom. The molecule has 0 radical (unpaired) electrons.